The SMILES string of the molecule is O=[N+]([O-])c1cc(Br)cnc1S(=O)(=O)CCCCl. The van der Waals surface area contributed by atoms with Crippen LogP contribution in [0.3, 0.4) is 0 Å². The largest absolute Gasteiger partial charge is 0.307 e. The van der Waals surface area contributed by atoms with E-state index >= 15 is 0 Å². The standard InChI is InChI=1S/C8H8BrClN2O4S/c9-6-4-7(12(13)14)8(11-5-6)17(15,16)3-1-2-10/h4-5H,1-3H2. The zero-order valence-corrected chi connectivity index (χ0v) is 11.6. The molecule has 1 aromatic rings. The molecule has 9 heteroatoms. The molecule has 0 spiro atoms. The van der Waals surface area contributed by atoms with Crippen molar-refractivity contribution in [3.05, 3.63) is 26.9 Å². The highest BCUT2D eigenvalue weighted by Gasteiger charge is 2.27. The topological polar surface area (TPSA) is 90.2 Å². The third-order valence-corrected chi connectivity index (χ3v) is 4.27. The molecule has 0 N–H and O–H groups in total. The monoisotopic (exact) mass is 342 g/mol. The van der Waals surface area contributed by atoms with Gasteiger partial charge in [-0.3, -0.25) is 10.1 Å². The van der Waals surface area contributed by atoms with Crippen LogP contribution in [-0.4, -0.2) is 30.0 Å². The van der Waals surface area contributed by atoms with Crippen LogP contribution >= 0.6 is 27.5 Å². The van der Waals surface area contributed by atoms with E-state index in [9.17, 15) is 18.5 Å². The van der Waals surface area contributed by atoms with Crippen molar-refractivity contribution in [3.8, 4) is 0 Å². The summed E-state index contributed by atoms with van der Waals surface area (Å²) in [5, 5.41) is 10.2. The van der Waals surface area contributed by atoms with Crippen molar-refractivity contribution in [1.82, 2.24) is 4.98 Å². The molecular weight excluding hydrogens is 336 g/mol. The van der Waals surface area contributed by atoms with Gasteiger partial charge in [0.15, 0.2) is 0 Å². The summed E-state index contributed by atoms with van der Waals surface area (Å²) in [7, 11) is -3.77. The highest BCUT2D eigenvalue weighted by molar-refractivity contribution is 9.10. The normalized spacial score (nSPS) is 11.4. The van der Waals surface area contributed by atoms with Crippen molar-refractivity contribution in [2.24, 2.45) is 0 Å². The van der Waals surface area contributed by atoms with Gasteiger partial charge >= 0.3 is 5.69 Å². The molecule has 0 aliphatic heterocycles. The first-order valence-corrected chi connectivity index (χ1v) is 7.45. The number of sulfone groups is 1. The van der Waals surface area contributed by atoms with Gasteiger partial charge < -0.3 is 0 Å². The first-order valence-electron chi connectivity index (χ1n) is 4.47. The summed E-state index contributed by atoms with van der Waals surface area (Å²) in [6, 6.07) is 1.11. The number of nitro groups is 1. The molecule has 0 amide bonds. The summed E-state index contributed by atoms with van der Waals surface area (Å²) in [6.45, 7) is 0. The minimum Gasteiger partial charge on any atom is -0.258 e. The van der Waals surface area contributed by atoms with Crippen molar-refractivity contribution in [1.29, 1.82) is 0 Å². The van der Waals surface area contributed by atoms with Crippen molar-refractivity contribution < 1.29 is 13.3 Å². The van der Waals surface area contributed by atoms with Gasteiger partial charge in [0.1, 0.15) is 0 Å². The molecule has 0 bridgehead atoms. The summed E-state index contributed by atoms with van der Waals surface area (Å²) in [5.41, 5.74) is -0.533. The summed E-state index contributed by atoms with van der Waals surface area (Å²) in [4.78, 5) is 13.6. The second kappa shape index (κ2) is 5.74. The highest BCUT2D eigenvalue weighted by atomic mass is 79.9. The second-order valence-corrected chi connectivity index (χ2v) is 6.41. The molecule has 0 unspecified atom stereocenters. The molecule has 1 rings (SSSR count). The van der Waals surface area contributed by atoms with Crippen molar-refractivity contribution in [2.75, 3.05) is 11.6 Å². The summed E-state index contributed by atoms with van der Waals surface area (Å²) in [5.74, 6) is -0.0878. The summed E-state index contributed by atoms with van der Waals surface area (Å²) in [6.07, 6.45) is 1.43. The number of hydrogen-bond acceptors (Lipinski definition) is 5. The van der Waals surface area contributed by atoms with Crippen LogP contribution in [0.1, 0.15) is 6.42 Å². The molecule has 0 fully saturated rings. The average Bonchev–Trinajstić information content (AvgIpc) is 2.26. The summed E-state index contributed by atoms with van der Waals surface area (Å²) >= 11 is 8.40. The molecule has 0 radical (unpaired) electrons. The number of pyridine rings is 1. The minimum atomic E-state index is -3.77. The fourth-order valence-electron chi connectivity index (χ4n) is 1.13. The van der Waals surface area contributed by atoms with E-state index in [0.29, 0.717) is 4.47 Å². The van der Waals surface area contributed by atoms with E-state index in [-0.39, 0.29) is 18.1 Å². The molecule has 0 saturated heterocycles. The predicted molar refractivity (Wildman–Crippen MR) is 66.0 cm³/mol. The quantitative estimate of drug-likeness (QED) is 0.464. The van der Waals surface area contributed by atoms with Gasteiger partial charge in [-0.2, -0.15) is 0 Å². The zero-order valence-electron chi connectivity index (χ0n) is 8.47. The first kappa shape index (κ1) is 14.3. The van der Waals surface area contributed by atoms with Gasteiger partial charge in [-0.1, -0.05) is 0 Å². The van der Waals surface area contributed by atoms with Gasteiger partial charge in [0, 0.05) is 22.6 Å². The molecule has 94 valence electrons. The van der Waals surface area contributed by atoms with Crippen LogP contribution in [0, 0.1) is 10.1 Å². The molecular formula is C8H8BrClN2O4S. The number of alkyl halides is 1. The Kier molecular flexibility index (Phi) is 4.84. The van der Waals surface area contributed by atoms with E-state index in [1.807, 2.05) is 0 Å². The van der Waals surface area contributed by atoms with E-state index < -0.39 is 25.5 Å². The van der Waals surface area contributed by atoms with Crippen LogP contribution in [-0.2, 0) is 9.84 Å². The Balaban J connectivity index is 3.26. The Morgan fingerprint density at radius 1 is 1.53 bits per heavy atom. The molecule has 6 nitrogen and oxygen atoms in total. The van der Waals surface area contributed by atoms with Gasteiger partial charge in [0.05, 0.1) is 10.7 Å². The van der Waals surface area contributed by atoms with Crippen LogP contribution in [0.2, 0.25) is 0 Å². The maximum Gasteiger partial charge on any atom is 0.307 e. The maximum atomic E-state index is 11.8. The molecule has 0 aliphatic rings. The van der Waals surface area contributed by atoms with Gasteiger partial charge in [-0.25, -0.2) is 13.4 Å². The lowest BCUT2D eigenvalue weighted by molar-refractivity contribution is -0.388. The van der Waals surface area contributed by atoms with Gasteiger partial charge in [-0.05, 0) is 22.4 Å². The van der Waals surface area contributed by atoms with Crippen molar-refractivity contribution in [2.45, 2.75) is 11.4 Å². The number of nitrogens with zero attached hydrogens (tertiary/aromatic N) is 2. The predicted octanol–water partition coefficient (Wildman–Crippen LogP) is 2.15. The second-order valence-electron chi connectivity index (χ2n) is 3.10. The third kappa shape index (κ3) is 3.62. The van der Waals surface area contributed by atoms with Crippen molar-refractivity contribution >= 4 is 43.1 Å². The van der Waals surface area contributed by atoms with E-state index in [2.05, 4.69) is 20.9 Å². The van der Waals surface area contributed by atoms with E-state index in [1.54, 1.807) is 0 Å². The highest BCUT2D eigenvalue weighted by Crippen LogP contribution is 2.25. The Bertz CT molecular complexity index is 534. The first-order chi connectivity index (χ1) is 7.88. The number of aromatic nitrogens is 1. The molecule has 17 heavy (non-hydrogen) atoms. The smallest absolute Gasteiger partial charge is 0.258 e. The lowest BCUT2D eigenvalue weighted by atomic mass is 10.4. The van der Waals surface area contributed by atoms with Crippen LogP contribution in [0.25, 0.3) is 0 Å². The lowest BCUT2D eigenvalue weighted by Crippen LogP contribution is -2.11. The number of hydrogen-bond donors (Lipinski definition) is 0. The zero-order chi connectivity index (χ0) is 13.1. The van der Waals surface area contributed by atoms with Crippen LogP contribution in [0.15, 0.2) is 21.8 Å². The molecule has 0 saturated carbocycles. The van der Waals surface area contributed by atoms with Gasteiger partial charge in [0.25, 0.3) is 0 Å². The van der Waals surface area contributed by atoms with E-state index in [4.69, 9.17) is 11.6 Å². The van der Waals surface area contributed by atoms with Crippen LogP contribution in [0.4, 0.5) is 5.69 Å². The molecule has 0 aliphatic carbocycles. The molecule has 0 atom stereocenters. The fraction of sp³-hybridized carbons (Fsp3) is 0.375. The molecule has 0 aromatic carbocycles. The maximum absolute atomic E-state index is 11.8. The number of rotatable bonds is 5. The van der Waals surface area contributed by atoms with E-state index in [1.165, 1.54) is 6.20 Å². The third-order valence-electron chi connectivity index (χ3n) is 1.84. The summed E-state index contributed by atoms with van der Waals surface area (Å²) < 4.78 is 23.9. The Hall–Kier alpha value is -0.730. The Labute approximate surface area is 111 Å². The van der Waals surface area contributed by atoms with Crippen LogP contribution in [0.5, 0.6) is 0 Å². The lowest BCUT2D eigenvalue weighted by Gasteiger charge is -2.03. The van der Waals surface area contributed by atoms with E-state index in [0.717, 1.165) is 6.07 Å². The fourth-order valence-corrected chi connectivity index (χ4v) is 3.12. The van der Waals surface area contributed by atoms with Crippen molar-refractivity contribution in [3.63, 3.8) is 0 Å². The average molecular weight is 344 g/mol. The van der Waals surface area contributed by atoms with Gasteiger partial charge in [-0.15, -0.1) is 11.6 Å². The molecule has 1 aromatic heterocycles. The molecule has 1 heterocycles. The van der Waals surface area contributed by atoms with Gasteiger partial charge in [0.2, 0.25) is 14.9 Å². The minimum absolute atomic E-state index is 0.170. The number of halogens is 2. The Morgan fingerprint density at radius 3 is 2.71 bits per heavy atom. The Morgan fingerprint density at radius 2 is 2.18 bits per heavy atom. The van der Waals surface area contributed by atoms with Crippen LogP contribution < -0.4 is 0 Å².